The van der Waals surface area contributed by atoms with E-state index < -0.39 is 29.2 Å². The molecule has 0 aliphatic rings. The number of rotatable bonds is 2. The molecule has 0 aliphatic carbocycles. The molecule has 1 heterocycles. The standard InChI is InChI=1S/C12H6F3N3O2S/c13-12(14,15)8-3-7(2-1-6(8)4-16)21-9-5-17-11(20)18-10(9)19/h1-3,5H,(H2,17,18,19,20). The molecule has 1 aromatic carbocycles. The number of aromatic nitrogens is 2. The Hall–Kier alpha value is -2.47. The molecule has 0 atom stereocenters. The zero-order valence-electron chi connectivity index (χ0n) is 10.1. The summed E-state index contributed by atoms with van der Waals surface area (Å²) < 4.78 is 38.5. The fourth-order valence-corrected chi connectivity index (χ4v) is 2.28. The van der Waals surface area contributed by atoms with E-state index in [9.17, 15) is 18.3 Å². The minimum absolute atomic E-state index is 0.0747. The fraction of sp³-hybridized carbons (Fsp3) is 0.0833. The third-order valence-corrected chi connectivity index (χ3v) is 3.37. The molecule has 0 fully saturated rings. The molecule has 0 saturated heterocycles. The van der Waals surface area contributed by atoms with E-state index >= 15 is 0 Å². The zero-order valence-corrected chi connectivity index (χ0v) is 10.9. The first-order chi connectivity index (χ1) is 9.81. The van der Waals surface area contributed by atoms with Gasteiger partial charge in [0, 0.05) is 4.90 Å². The number of nitriles is 1. The molecule has 9 heteroatoms. The van der Waals surface area contributed by atoms with Crippen LogP contribution in [-0.4, -0.2) is 20.2 Å². The summed E-state index contributed by atoms with van der Waals surface area (Å²) in [6.07, 6.45) is -3.58. The number of nitrogens with zero attached hydrogens (tertiary/aromatic N) is 3. The van der Waals surface area contributed by atoms with E-state index in [1.165, 1.54) is 12.1 Å². The van der Waals surface area contributed by atoms with Gasteiger partial charge >= 0.3 is 12.2 Å². The van der Waals surface area contributed by atoms with E-state index in [1.807, 2.05) is 0 Å². The summed E-state index contributed by atoms with van der Waals surface area (Å²) in [6.45, 7) is 0. The van der Waals surface area contributed by atoms with E-state index in [-0.39, 0.29) is 9.79 Å². The molecule has 0 saturated carbocycles. The second-order valence-corrected chi connectivity index (χ2v) is 4.89. The Kier molecular flexibility index (Phi) is 3.90. The van der Waals surface area contributed by atoms with Crippen molar-refractivity contribution in [2.75, 3.05) is 0 Å². The lowest BCUT2D eigenvalue weighted by Gasteiger charge is -2.10. The van der Waals surface area contributed by atoms with Crippen molar-refractivity contribution < 1.29 is 23.4 Å². The minimum atomic E-state index is -4.66. The first-order valence-corrected chi connectivity index (χ1v) is 6.17. The topological polar surface area (TPSA) is 90.0 Å². The third kappa shape index (κ3) is 3.35. The molecule has 108 valence electrons. The molecule has 0 radical (unpaired) electrons. The van der Waals surface area contributed by atoms with Gasteiger partial charge in [0.25, 0.3) is 0 Å². The fourth-order valence-electron chi connectivity index (χ4n) is 1.47. The average molecular weight is 313 g/mol. The molecule has 0 aliphatic heterocycles. The van der Waals surface area contributed by atoms with Crippen molar-refractivity contribution in [2.45, 2.75) is 16.0 Å². The molecule has 2 rings (SSSR count). The van der Waals surface area contributed by atoms with Crippen molar-refractivity contribution in [1.82, 2.24) is 9.97 Å². The molecule has 2 aromatic rings. The van der Waals surface area contributed by atoms with Crippen LogP contribution in [-0.2, 0) is 6.18 Å². The number of hydrogen-bond donors (Lipinski definition) is 2. The molecule has 5 nitrogen and oxygen atoms in total. The molecule has 1 aromatic heterocycles. The van der Waals surface area contributed by atoms with Crippen LogP contribution in [0.4, 0.5) is 13.2 Å². The van der Waals surface area contributed by atoms with Gasteiger partial charge in [-0.3, -0.25) is 0 Å². The smallest absolute Gasteiger partial charge is 0.417 e. The highest BCUT2D eigenvalue weighted by Gasteiger charge is 2.33. The lowest BCUT2D eigenvalue weighted by Crippen LogP contribution is -2.07. The summed E-state index contributed by atoms with van der Waals surface area (Å²) in [5, 5.41) is 27.1. The second-order valence-electron chi connectivity index (χ2n) is 3.78. The molecule has 2 N–H and O–H groups in total. The van der Waals surface area contributed by atoms with Crippen LogP contribution in [0.15, 0.2) is 34.2 Å². The van der Waals surface area contributed by atoms with Gasteiger partial charge in [-0.05, 0) is 18.2 Å². The monoisotopic (exact) mass is 313 g/mol. The molecule has 0 spiro atoms. The van der Waals surface area contributed by atoms with E-state index in [0.29, 0.717) is 0 Å². The van der Waals surface area contributed by atoms with E-state index in [2.05, 4.69) is 9.97 Å². The maximum absolute atomic E-state index is 12.8. The van der Waals surface area contributed by atoms with Gasteiger partial charge < -0.3 is 10.2 Å². The maximum atomic E-state index is 12.8. The summed E-state index contributed by atoms with van der Waals surface area (Å²) in [5.74, 6) is -0.551. The SMILES string of the molecule is N#Cc1ccc(Sc2cnc(O)nc2O)cc1C(F)(F)F. The van der Waals surface area contributed by atoms with Crippen molar-refractivity contribution in [3.8, 4) is 18.0 Å². The third-order valence-electron chi connectivity index (χ3n) is 2.37. The van der Waals surface area contributed by atoms with Crippen LogP contribution in [0.3, 0.4) is 0 Å². The molecule has 0 bridgehead atoms. The van der Waals surface area contributed by atoms with Crippen LogP contribution < -0.4 is 0 Å². The van der Waals surface area contributed by atoms with Crippen molar-refractivity contribution in [2.24, 2.45) is 0 Å². The van der Waals surface area contributed by atoms with Gasteiger partial charge in [0.15, 0.2) is 0 Å². The Bertz CT molecular complexity index is 729. The predicted molar refractivity (Wildman–Crippen MR) is 65.6 cm³/mol. The first kappa shape index (κ1) is 14.9. The van der Waals surface area contributed by atoms with Gasteiger partial charge in [-0.1, -0.05) is 11.8 Å². The summed E-state index contributed by atoms with van der Waals surface area (Å²) in [7, 11) is 0. The van der Waals surface area contributed by atoms with Crippen molar-refractivity contribution in [3.05, 3.63) is 35.5 Å². The summed E-state index contributed by atoms with van der Waals surface area (Å²) in [4.78, 5) is 6.93. The molecule has 0 amide bonds. The number of halogens is 3. The lowest BCUT2D eigenvalue weighted by atomic mass is 10.1. The van der Waals surface area contributed by atoms with E-state index in [1.54, 1.807) is 0 Å². The summed E-state index contributed by atoms with van der Waals surface area (Å²) >= 11 is 0.777. The van der Waals surface area contributed by atoms with Crippen LogP contribution >= 0.6 is 11.8 Å². The van der Waals surface area contributed by atoms with Gasteiger partial charge in [-0.25, -0.2) is 4.98 Å². The van der Waals surface area contributed by atoms with Crippen LogP contribution in [0.5, 0.6) is 11.9 Å². The second kappa shape index (κ2) is 5.49. The Morgan fingerprint density at radius 3 is 2.52 bits per heavy atom. The van der Waals surface area contributed by atoms with Crippen molar-refractivity contribution in [3.63, 3.8) is 0 Å². The number of hydrogen-bond acceptors (Lipinski definition) is 6. The van der Waals surface area contributed by atoms with E-state index in [4.69, 9.17) is 10.4 Å². The van der Waals surface area contributed by atoms with Crippen molar-refractivity contribution >= 4 is 11.8 Å². The molecule has 21 heavy (non-hydrogen) atoms. The highest BCUT2D eigenvalue weighted by atomic mass is 32.2. The predicted octanol–water partition coefficient (Wildman–Crippen LogP) is 2.93. The lowest BCUT2D eigenvalue weighted by molar-refractivity contribution is -0.137. The highest BCUT2D eigenvalue weighted by Crippen LogP contribution is 2.38. The van der Waals surface area contributed by atoms with E-state index in [0.717, 1.165) is 30.1 Å². The normalized spacial score (nSPS) is 11.1. The number of benzene rings is 1. The number of alkyl halides is 3. The Morgan fingerprint density at radius 2 is 1.95 bits per heavy atom. The Labute approximate surface area is 120 Å². The van der Waals surface area contributed by atoms with Crippen LogP contribution in [0.1, 0.15) is 11.1 Å². The first-order valence-electron chi connectivity index (χ1n) is 5.35. The van der Waals surface area contributed by atoms with Crippen LogP contribution in [0.25, 0.3) is 0 Å². The Morgan fingerprint density at radius 1 is 1.24 bits per heavy atom. The zero-order chi connectivity index (χ0) is 15.6. The van der Waals surface area contributed by atoms with Crippen LogP contribution in [0, 0.1) is 11.3 Å². The van der Waals surface area contributed by atoms with Gasteiger partial charge in [0.05, 0.1) is 28.3 Å². The van der Waals surface area contributed by atoms with Gasteiger partial charge in [0.2, 0.25) is 5.88 Å². The van der Waals surface area contributed by atoms with Crippen LogP contribution in [0.2, 0.25) is 0 Å². The summed E-state index contributed by atoms with van der Waals surface area (Å²) in [6, 6.07) is 3.99. The number of aromatic hydroxyl groups is 2. The van der Waals surface area contributed by atoms with Crippen molar-refractivity contribution in [1.29, 1.82) is 5.26 Å². The maximum Gasteiger partial charge on any atom is 0.417 e. The highest BCUT2D eigenvalue weighted by molar-refractivity contribution is 7.99. The van der Waals surface area contributed by atoms with Gasteiger partial charge in [0.1, 0.15) is 0 Å². The Balaban J connectivity index is 2.40. The summed E-state index contributed by atoms with van der Waals surface area (Å²) in [5.41, 5.74) is -1.55. The van der Waals surface area contributed by atoms with Gasteiger partial charge in [-0.2, -0.15) is 23.4 Å². The minimum Gasteiger partial charge on any atom is -0.492 e. The quantitative estimate of drug-likeness (QED) is 0.886. The average Bonchev–Trinajstić information content (AvgIpc) is 2.41. The van der Waals surface area contributed by atoms with Gasteiger partial charge in [-0.15, -0.1) is 0 Å². The molecular weight excluding hydrogens is 307 g/mol. The molecule has 0 unspecified atom stereocenters. The largest absolute Gasteiger partial charge is 0.492 e. The molecular formula is C12H6F3N3O2S.